The molecule has 6 nitrogen and oxygen atoms in total. The van der Waals surface area contributed by atoms with Gasteiger partial charge in [0, 0.05) is 6.42 Å². The summed E-state index contributed by atoms with van der Waals surface area (Å²) in [4.78, 5) is 18.2. The van der Waals surface area contributed by atoms with Crippen LogP contribution in [0.25, 0.3) is 0 Å². The Morgan fingerprint density at radius 1 is 0.962 bits per heavy atom. The van der Waals surface area contributed by atoms with Crippen LogP contribution in [0.5, 0.6) is 0 Å². The van der Waals surface area contributed by atoms with Crippen molar-refractivity contribution in [3.8, 4) is 0 Å². The van der Waals surface area contributed by atoms with Crippen LogP contribution in [0.4, 0.5) is 0 Å². The molecule has 142 valence electrons. The maximum absolute atomic E-state index is 11.4. The third kappa shape index (κ3) is 9.22. The average Bonchev–Trinajstić information content (AvgIpc) is 2.65. The molecule has 0 radical (unpaired) electrons. The minimum absolute atomic E-state index is 0.108. The largest absolute Gasteiger partial charge is 0.394 e. The molecule has 0 bridgehead atoms. The van der Waals surface area contributed by atoms with E-state index in [1.54, 1.807) is 12.1 Å². The number of aldehydes is 1. The molecule has 0 saturated carbocycles. The van der Waals surface area contributed by atoms with Gasteiger partial charge in [0.2, 0.25) is 0 Å². The van der Waals surface area contributed by atoms with E-state index in [2.05, 4.69) is 4.18 Å². The predicted octanol–water partition coefficient (Wildman–Crippen LogP) is 2.24. The minimum atomic E-state index is -3.70. The van der Waals surface area contributed by atoms with Crippen molar-refractivity contribution in [1.82, 2.24) is 0 Å². The van der Waals surface area contributed by atoms with Crippen LogP contribution in [0.2, 0.25) is 0 Å². The highest BCUT2D eigenvalue weighted by Crippen LogP contribution is 2.12. The lowest BCUT2D eigenvalue weighted by molar-refractivity contribution is -0.107. The van der Waals surface area contributed by atoms with Crippen molar-refractivity contribution in [2.45, 2.75) is 25.2 Å². The molecule has 0 amide bonds. The van der Waals surface area contributed by atoms with E-state index in [0.717, 1.165) is 17.4 Å². The van der Waals surface area contributed by atoms with E-state index in [1.165, 1.54) is 17.7 Å². The molecule has 0 spiro atoms. The number of aliphatic hydroxyl groups is 1. The molecule has 2 aromatic rings. The summed E-state index contributed by atoms with van der Waals surface area (Å²) in [5, 5.41) is 8.43. The Balaban J connectivity index is 0.000000458. The van der Waals surface area contributed by atoms with E-state index in [9.17, 15) is 13.2 Å². The lowest BCUT2D eigenvalue weighted by Gasteiger charge is -2.03. The average molecular weight is 380 g/mol. The van der Waals surface area contributed by atoms with Gasteiger partial charge >= 0.3 is 0 Å². The molecule has 1 N–H and O–H groups in total. The second-order valence-electron chi connectivity index (χ2n) is 5.17. The predicted molar refractivity (Wildman–Crippen MR) is 99.5 cm³/mol. The van der Waals surface area contributed by atoms with Crippen LogP contribution in [0.3, 0.4) is 0 Å². The number of rotatable bonds is 6. The lowest BCUT2D eigenvalue weighted by atomic mass is 10.1. The van der Waals surface area contributed by atoms with Crippen molar-refractivity contribution >= 4 is 23.2 Å². The molecule has 0 unspecified atom stereocenters. The Morgan fingerprint density at radius 3 is 1.85 bits per heavy atom. The molecule has 0 aliphatic rings. The van der Waals surface area contributed by atoms with Crippen LogP contribution in [0.1, 0.15) is 16.7 Å². The number of benzene rings is 2. The quantitative estimate of drug-likeness (QED) is 0.610. The summed E-state index contributed by atoms with van der Waals surface area (Å²) in [6.07, 6.45) is 1.45. The van der Waals surface area contributed by atoms with Gasteiger partial charge in [-0.2, -0.15) is 8.42 Å². The third-order valence-corrected chi connectivity index (χ3v) is 4.41. The Morgan fingerprint density at radius 2 is 1.42 bits per heavy atom. The monoisotopic (exact) mass is 380 g/mol. The van der Waals surface area contributed by atoms with E-state index in [1.807, 2.05) is 44.9 Å². The van der Waals surface area contributed by atoms with Crippen molar-refractivity contribution in [3.63, 3.8) is 0 Å². The fraction of sp³-hybridized carbons (Fsp3) is 0.263. The zero-order chi connectivity index (χ0) is 20.0. The van der Waals surface area contributed by atoms with Crippen LogP contribution < -0.4 is 0 Å². The number of aryl methyl sites for hydroxylation is 2. The summed E-state index contributed by atoms with van der Waals surface area (Å²) >= 11 is 0. The summed E-state index contributed by atoms with van der Waals surface area (Å²) in [7, 11) is -3.70. The van der Waals surface area contributed by atoms with Crippen LogP contribution in [-0.4, -0.2) is 39.8 Å². The molecule has 0 saturated heterocycles. The van der Waals surface area contributed by atoms with Gasteiger partial charge in [0.25, 0.3) is 10.1 Å². The Hall–Kier alpha value is -2.35. The molecule has 0 aliphatic carbocycles. The van der Waals surface area contributed by atoms with Gasteiger partial charge in [0.15, 0.2) is 0 Å². The molecule has 7 heteroatoms. The molecule has 2 rings (SSSR count). The van der Waals surface area contributed by atoms with E-state index in [-0.39, 0.29) is 18.1 Å². The number of carbonyl (C=O) groups excluding carboxylic acids is 2. The fourth-order valence-corrected chi connectivity index (χ4v) is 2.64. The van der Waals surface area contributed by atoms with Gasteiger partial charge in [0.05, 0.1) is 18.1 Å². The van der Waals surface area contributed by atoms with Gasteiger partial charge in [-0.15, -0.1) is 0 Å². The van der Waals surface area contributed by atoms with Gasteiger partial charge in [-0.05, 0) is 31.5 Å². The van der Waals surface area contributed by atoms with Crippen molar-refractivity contribution in [2.75, 3.05) is 13.2 Å². The smallest absolute Gasteiger partial charge is 0.297 e. The highest BCUT2D eigenvalue weighted by atomic mass is 32.2. The van der Waals surface area contributed by atoms with Crippen molar-refractivity contribution in [2.24, 2.45) is 0 Å². The minimum Gasteiger partial charge on any atom is -0.394 e. The molecular formula is C19H24O6S. The van der Waals surface area contributed by atoms with Crippen LogP contribution >= 0.6 is 0 Å². The summed E-state index contributed by atoms with van der Waals surface area (Å²) in [5.41, 5.74) is 3.29. The molecule has 0 fully saturated rings. The first-order valence-corrected chi connectivity index (χ1v) is 9.15. The molecule has 0 atom stereocenters. The zero-order valence-electron chi connectivity index (χ0n) is 14.9. The molecule has 2 aromatic carbocycles. The maximum atomic E-state index is 11.4. The van der Waals surface area contributed by atoms with E-state index >= 15 is 0 Å². The van der Waals surface area contributed by atoms with Crippen LogP contribution in [0.15, 0.2) is 53.4 Å². The van der Waals surface area contributed by atoms with E-state index < -0.39 is 10.1 Å². The number of hydrogen-bond donors (Lipinski definition) is 1. The SMILES string of the molecule is C=O.Cc1ccc(CC=O)cc1.Cc1ccc(S(=O)(=O)OCCO)cc1. The first kappa shape index (κ1) is 23.7. The molecule has 26 heavy (non-hydrogen) atoms. The second-order valence-corrected chi connectivity index (χ2v) is 6.78. The van der Waals surface area contributed by atoms with Crippen LogP contribution in [0, 0.1) is 13.8 Å². The van der Waals surface area contributed by atoms with Crippen molar-refractivity contribution in [1.29, 1.82) is 0 Å². The van der Waals surface area contributed by atoms with Gasteiger partial charge in [-0.25, -0.2) is 0 Å². The first-order chi connectivity index (χ1) is 12.4. The number of aliphatic hydroxyl groups excluding tert-OH is 1. The normalized spacial score (nSPS) is 9.96. The third-order valence-electron chi connectivity index (χ3n) is 3.08. The van der Waals surface area contributed by atoms with Gasteiger partial charge in [0.1, 0.15) is 13.1 Å². The Labute approximate surface area is 154 Å². The maximum Gasteiger partial charge on any atom is 0.297 e. The molecule has 0 heterocycles. The highest BCUT2D eigenvalue weighted by Gasteiger charge is 2.13. The van der Waals surface area contributed by atoms with Gasteiger partial charge in [-0.1, -0.05) is 47.5 Å². The van der Waals surface area contributed by atoms with Gasteiger partial charge < -0.3 is 14.7 Å². The molecule has 0 aromatic heterocycles. The summed E-state index contributed by atoms with van der Waals surface area (Å²) < 4.78 is 27.3. The topological polar surface area (TPSA) is 97.7 Å². The number of carbonyl (C=O) groups is 2. The Kier molecular flexibility index (Phi) is 11.8. The van der Waals surface area contributed by atoms with Crippen LogP contribution in [-0.2, 0) is 30.3 Å². The molecule has 0 aliphatic heterocycles. The standard InChI is InChI=1S/C9H12O4S.C9H10O.CH2O/c1-8-2-4-9(5-3-8)14(11,12)13-7-6-10;1-8-2-4-9(5-3-8)6-7-10;1-2/h2-5,10H,6-7H2,1H3;2-5,7H,6H2,1H3;1H2. The van der Waals surface area contributed by atoms with Gasteiger partial charge in [-0.3, -0.25) is 4.18 Å². The van der Waals surface area contributed by atoms with E-state index in [0.29, 0.717) is 6.42 Å². The zero-order valence-corrected chi connectivity index (χ0v) is 15.7. The lowest BCUT2D eigenvalue weighted by Crippen LogP contribution is -2.09. The van der Waals surface area contributed by atoms with Crippen molar-refractivity contribution < 1.29 is 27.3 Å². The highest BCUT2D eigenvalue weighted by molar-refractivity contribution is 7.86. The summed E-state index contributed by atoms with van der Waals surface area (Å²) in [6, 6.07) is 14.3. The summed E-state index contributed by atoms with van der Waals surface area (Å²) in [6.45, 7) is 5.37. The summed E-state index contributed by atoms with van der Waals surface area (Å²) in [5.74, 6) is 0. The van der Waals surface area contributed by atoms with Crippen molar-refractivity contribution in [3.05, 3.63) is 65.2 Å². The Bertz CT molecular complexity index is 737. The van der Waals surface area contributed by atoms with E-state index in [4.69, 9.17) is 9.90 Å². The second kappa shape index (κ2) is 12.9. The number of hydrogen-bond acceptors (Lipinski definition) is 6. The molecular weight excluding hydrogens is 356 g/mol. The first-order valence-electron chi connectivity index (χ1n) is 7.74. The fourth-order valence-electron chi connectivity index (χ4n) is 1.74.